The third-order valence-electron chi connectivity index (χ3n) is 9.95. The fourth-order valence-corrected chi connectivity index (χ4v) is 7.76. The number of rotatable bonds is 5. The normalized spacial score (nSPS) is 15.2. The van der Waals surface area contributed by atoms with Gasteiger partial charge in [-0.2, -0.15) is 10.5 Å². The van der Waals surface area contributed by atoms with Gasteiger partial charge in [0.15, 0.2) is 0 Å². The van der Waals surface area contributed by atoms with Crippen molar-refractivity contribution in [3.8, 4) is 29.0 Å². The van der Waals surface area contributed by atoms with Gasteiger partial charge in [-0.25, -0.2) is 0 Å². The first kappa shape index (κ1) is 29.2. The number of hydrogen-bond acceptors (Lipinski definition) is 2. The summed E-state index contributed by atoms with van der Waals surface area (Å²) in [5.41, 5.74) is 11.4. The van der Waals surface area contributed by atoms with Crippen LogP contribution in [0.15, 0.2) is 133 Å². The molecule has 0 N–H and O–H groups in total. The van der Waals surface area contributed by atoms with E-state index in [4.69, 9.17) is 0 Å². The lowest BCUT2D eigenvalue weighted by Crippen LogP contribution is -2.07. The minimum atomic E-state index is -0.602. The Morgan fingerprint density at radius 3 is 2.36 bits per heavy atom. The molecule has 4 heteroatoms. The minimum Gasteiger partial charge on any atom is -0.336 e. The van der Waals surface area contributed by atoms with Gasteiger partial charge in [0.1, 0.15) is 0 Å². The summed E-state index contributed by atoms with van der Waals surface area (Å²) < 4.78 is 4.56. The first-order valence-corrected chi connectivity index (χ1v) is 16.8. The molecule has 0 spiro atoms. The van der Waals surface area contributed by atoms with E-state index in [0.29, 0.717) is 17.7 Å². The number of para-hydroxylation sites is 2. The Hall–Kier alpha value is -6.98. The molecule has 232 valence electrons. The summed E-state index contributed by atoms with van der Waals surface area (Å²) in [6, 6.07) is 51.1. The van der Waals surface area contributed by atoms with Gasteiger partial charge in [0.25, 0.3) is 0 Å². The third kappa shape index (κ3) is 4.56. The van der Waals surface area contributed by atoms with Crippen LogP contribution in [0.4, 0.5) is 0 Å². The number of benzene rings is 3. The highest BCUT2D eigenvalue weighted by Gasteiger charge is 2.25. The summed E-state index contributed by atoms with van der Waals surface area (Å²) >= 11 is 0. The van der Waals surface area contributed by atoms with E-state index in [9.17, 15) is 10.5 Å². The van der Waals surface area contributed by atoms with Crippen LogP contribution in [0.5, 0.6) is 0 Å². The Kier molecular flexibility index (Phi) is 6.96. The zero-order valence-corrected chi connectivity index (χ0v) is 27.1. The van der Waals surface area contributed by atoms with Gasteiger partial charge in [-0.3, -0.25) is 0 Å². The fraction of sp³-hybridized carbons (Fsp3) is 0.0870. The summed E-state index contributed by atoms with van der Waals surface area (Å²) in [6.07, 6.45) is 12.2. The molecule has 0 aliphatic heterocycles. The van der Waals surface area contributed by atoms with Gasteiger partial charge in [0.2, 0.25) is 0 Å². The standard InChI is InChI=1S/C46H28N4/c47-28-33-15-12-16-34(30-49-41-22-6-2-18-36(41)37-19-3-7-23-42(37)49)40(29-48)46(33)32-14-11-13-31(27-32)35-17-1-8-24-43(35)50-44-25-9-4-20-38(44)39-21-5-10-26-45(39)50/h2-3,6-16,18-19,22-27,33H,4,20,30H2. The smallest absolute Gasteiger partial charge is 0.0998 e. The van der Waals surface area contributed by atoms with Gasteiger partial charge >= 0.3 is 0 Å². The van der Waals surface area contributed by atoms with Gasteiger partial charge in [0, 0.05) is 28.4 Å². The maximum atomic E-state index is 10.8. The summed E-state index contributed by atoms with van der Waals surface area (Å²) in [5, 5.41) is 24.7. The Bertz CT molecular complexity index is 2660. The average Bonchev–Trinajstić information content (AvgIpc) is 3.60. The van der Waals surface area contributed by atoms with E-state index >= 15 is 0 Å². The summed E-state index contributed by atoms with van der Waals surface area (Å²) in [6.45, 7) is 0.488. The molecule has 7 aromatic rings. The van der Waals surface area contributed by atoms with E-state index in [1.165, 1.54) is 16.3 Å². The van der Waals surface area contributed by atoms with Gasteiger partial charge in [-0.15, -0.1) is 0 Å². The van der Waals surface area contributed by atoms with Crippen LogP contribution < -0.4 is 0 Å². The summed E-state index contributed by atoms with van der Waals surface area (Å²) in [7, 11) is 0. The highest BCUT2D eigenvalue weighted by molar-refractivity contribution is 6.08. The minimum absolute atomic E-state index is 0.488. The van der Waals surface area contributed by atoms with Gasteiger partial charge in [0.05, 0.1) is 51.5 Å². The molecule has 5 aromatic carbocycles. The molecule has 4 nitrogen and oxygen atoms in total. The van der Waals surface area contributed by atoms with Crippen LogP contribution in [0.25, 0.3) is 61.2 Å². The number of hydrogen-bond donors (Lipinski definition) is 0. The Labute approximate surface area is 291 Å². The van der Waals surface area contributed by atoms with Crippen molar-refractivity contribution in [2.45, 2.75) is 19.4 Å². The van der Waals surface area contributed by atoms with Crippen molar-refractivity contribution >= 4 is 44.4 Å². The van der Waals surface area contributed by atoms with Crippen molar-refractivity contribution in [1.82, 2.24) is 9.13 Å². The first-order chi connectivity index (χ1) is 24.7. The number of aryl methyl sites for hydroxylation is 1. The predicted molar refractivity (Wildman–Crippen MR) is 200 cm³/mol. The van der Waals surface area contributed by atoms with Gasteiger partial charge in [-0.05, 0) is 89.2 Å². The first-order valence-electron chi connectivity index (χ1n) is 16.8. The monoisotopic (exact) mass is 636 g/mol. The van der Waals surface area contributed by atoms with Crippen molar-refractivity contribution in [2.24, 2.45) is 5.92 Å². The van der Waals surface area contributed by atoms with Crippen molar-refractivity contribution in [1.29, 1.82) is 10.5 Å². The van der Waals surface area contributed by atoms with Gasteiger partial charge < -0.3 is 9.13 Å². The van der Waals surface area contributed by atoms with Crippen molar-refractivity contribution in [3.63, 3.8) is 0 Å². The largest absolute Gasteiger partial charge is 0.336 e. The van der Waals surface area contributed by atoms with E-state index in [-0.39, 0.29) is 0 Å². The molecule has 50 heavy (non-hydrogen) atoms. The number of nitrogens with zero attached hydrogens (tertiary/aromatic N) is 4. The van der Waals surface area contributed by atoms with Crippen LogP contribution in [0, 0.1) is 52.8 Å². The highest BCUT2D eigenvalue weighted by atomic mass is 15.0. The molecular formula is C46H28N4. The lowest BCUT2D eigenvalue weighted by molar-refractivity contribution is 0.861. The molecule has 0 bridgehead atoms. The molecule has 2 aliphatic carbocycles. The second-order valence-corrected chi connectivity index (χ2v) is 12.7. The number of fused-ring (bicyclic) bond motifs is 6. The molecule has 2 aromatic heterocycles. The molecule has 0 radical (unpaired) electrons. The average molecular weight is 637 g/mol. The van der Waals surface area contributed by atoms with Crippen LogP contribution in [0.2, 0.25) is 0 Å². The van der Waals surface area contributed by atoms with Gasteiger partial charge in [-0.1, -0.05) is 103 Å². The summed E-state index contributed by atoms with van der Waals surface area (Å²) in [5.74, 6) is -0.602. The topological polar surface area (TPSA) is 57.4 Å². The van der Waals surface area contributed by atoms with E-state index in [1.807, 2.05) is 54.6 Å². The molecular weight excluding hydrogens is 609 g/mol. The molecule has 2 heterocycles. The van der Waals surface area contributed by atoms with E-state index < -0.39 is 5.92 Å². The third-order valence-corrected chi connectivity index (χ3v) is 9.95. The Morgan fingerprint density at radius 1 is 0.800 bits per heavy atom. The van der Waals surface area contributed by atoms with Crippen LogP contribution in [0.1, 0.15) is 23.2 Å². The molecule has 9 rings (SSSR count). The molecule has 1 unspecified atom stereocenters. The lowest BCUT2D eigenvalue weighted by atomic mass is 9.86. The fourth-order valence-electron chi connectivity index (χ4n) is 7.76. The second-order valence-electron chi connectivity index (χ2n) is 12.7. The molecule has 1 atom stereocenters. The van der Waals surface area contributed by atoms with Crippen molar-refractivity contribution in [2.75, 3.05) is 0 Å². The molecule has 0 saturated carbocycles. The number of nitriles is 2. The number of aromatic nitrogens is 2. The zero-order chi connectivity index (χ0) is 33.6. The van der Waals surface area contributed by atoms with Crippen molar-refractivity contribution < 1.29 is 0 Å². The van der Waals surface area contributed by atoms with Crippen LogP contribution >= 0.6 is 0 Å². The van der Waals surface area contributed by atoms with Crippen LogP contribution in [-0.2, 0) is 13.0 Å². The van der Waals surface area contributed by atoms with Crippen LogP contribution in [0.3, 0.4) is 0 Å². The second kappa shape index (κ2) is 11.9. The SMILES string of the molecule is N#CC1=C(c2cccc(-c3c#cccc3-n3c4c(c5c#cccc53)CCC=C4)c2)C(C#N)C=CC=C1Cn1c2ccccc2c2ccccc21. The Morgan fingerprint density at radius 2 is 1.56 bits per heavy atom. The van der Waals surface area contributed by atoms with Crippen LogP contribution in [-0.4, -0.2) is 9.13 Å². The molecule has 0 amide bonds. The highest BCUT2D eigenvalue weighted by Crippen LogP contribution is 2.39. The van der Waals surface area contributed by atoms with E-state index in [1.54, 1.807) is 0 Å². The quantitative estimate of drug-likeness (QED) is 0.189. The molecule has 0 fully saturated rings. The maximum absolute atomic E-state index is 10.8. The maximum Gasteiger partial charge on any atom is 0.0998 e. The Balaban J connectivity index is 1.20. The predicted octanol–water partition coefficient (Wildman–Crippen LogP) is 10.2. The number of allylic oxidation sites excluding steroid dienone is 7. The summed E-state index contributed by atoms with van der Waals surface area (Å²) in [4.78, 5) is 0. The zero-order valence-electron chi connectivity index (χ0n) is 27.1. The van der Waals surface area contributed by atoms with Crippen molar-refractivity contribution in [3.05, 3.63) is 174 Å². The van der Waals surface area contributed by atoms with E-state index in [0.717, 1.165) is 68.4 Å². The van der Waals surface area contributed by atoms with E-state index in [2.05, 4.69) is 118 Å². The molecule has 0 saturated heterocycles. The molecule has 2 aliphatic rings. The lowest BCUT2D eigenvalue weighted by Gasteiger charge is -2.18.